The van der Waals surface area contributed by atoms with Crippen molar-refractivity contribution < 1.29 is 4.79 Å². The highest BCUT2D eigenvalue weighted by Gasteiger charge is 2.36. The number of carbonyl (C=O) groups excluding carboxylic acids is 1. The molecule has 1 N–H and O–H groups in total. The summed E-state index contributed by atoms with van der Waals surface area (Å²) in [6, 6.07) is 15.8. The van der Waals surface area contributed by atoms with Gasteiger partial charge in [0.1, 0.15) is 0 Å². The molecule has 2 aromatic rings. The van der Waals surface area contributed by atoms with E-state index in [4.69, 9.17) is 11.6 Å². The molecule has 1 amide bonds. The minimum absolute atomic E-state index is 0.00252. The summed E-state index contributed by atoms with van der Waals surface area (Å²) in [6.07, 6.45) is 4.03. The molecule has 4 rings (SSSR count). The third-order valence-corrected chi connectivity index (χ3v) is 5.16. The number of hydrogen-bond donors (Lipinski definition) is 1. The van der Waals surface area contributed by atoms with Crippen LogP contribution in [0.5, 0.6) is 0 Å². The molecule has 122 valence electrons. The van der Waals surface area contributed by atoms with E-state index in [0.717, 1.165) is 29.5 Å². The lowest BCUT2D eigenvalue weighted by Crippen LogP contribution is -2.35. The standard InChI is InChI=1S/C20H19ClN2O/c21-18-8-4-3-7-16(18)19(13-9-10-13)23-20(24)17-12-22-11-14-5-1-2-6-15(14)17/h1-8,12-13,17,19H,9-11H2,(H,23,24)/t17?,19-/m0/s1. The lowest BCUT2D eigenvalue weighted by atomic mass is 9.91. The average Bonchev–Trinajstić information content (AvgIpc) is 3.45. The van der Waals surface area contributed by atoms with Crippen LogP contribution in [0.25, 0.3) is 0 Å². The van der Waals surface area contributed by atoms with E-state index in [1.807, 2.05) is 48.5 Å². The van der Waals surface area contributed by atoms with Gasteiger partial charge in [0, 0.05) is 11.2 Å². The van der Waals surface area contributed by atoms with Crippen LogP contribution in [-0.2, 0) is 11.3 Å². The van der Waals surface area contributed by atoms with Crippen molar-refractivity contribution >= 4 is 23.7 Å². The summed E-state index contributed by atoms with van der Waals surface area (Å²) in [5, 5.41) is 3.95. The Labute approximate surface area is 146 Å². The summed E-state index contributed by atoms with van der Waals surface area (Å²) in [4.78, 5) is 17.3. The molecule has 0 bridgehead atoms. The minimum Gasteiger partial charge on any atom is -0.348 e. The Hall–Kier alpha value is -2.13. The van der Waals surface area contributed by atoms with Crippen LogP contribution >= 0.6 is 11.6 Å². The van der Waals surface area contributed by atoms with Gasteiger partial charge >= 0.3 is 0 Å². The predicted molar refractivity (Wildman–Crippen MR) is 96.4 cm³/mol. The van der Waals surface area contributed by atoms with Crippen LogP contribution in [0.15, 0.2) is 53.5 Å². The Bertz CT molecular complexity index is 798. The van der Waals surface area contributed by atoms with Crippen molar-refractivity contribution in [1.29, 1.82) is 0 Å². The van der Waals surface area contributed by atoms with Crippen LogP contribution in [0.3, 0.4) is 0 Å². The Morgan fingerprint density at radius 2 is 1.88 bits per heavy atom. The van der Waals surface area contributed by atoms with Gasteiger partial charge in [-0.15, -0.1) is 0 Å². The Balaban J connectivity index is 1.59. The number of rotatable bonds is 4. The van der Waals surface area contributed by atoms with Crippen LogP contribution in [-0.4, -0.2) is 12.1 Å². The fourth-order valence-electron chi connectivity index (χ4n) is 3.38. The first-order valence-electron chi connectivity index (χ1n) is 8.36. The minimum atomic E-state index is -0.321. The van der Waals surface area contributed by atoms with Crippen molar-refractivity contribution in [2.75, 3.05) is 0 Å². The zero-order valence-electron chi connectivity index (χ0n) is 13.3. The number of carbonyl (C=O) groups is 1. The molecule has 2 aromatic carbocycles. The highest BCUT2D eigenvalue weighted by atomic mass is 35.5. The molecule has 2 aliphatic rings. The number of nitrogens with one attached hydrogen (secondary N) is 1. The van der Waals surface area contributed by atoms with Crippen LogP contribution in [0.4, 0.5) is 0 Å². The monoisotopic (exact) mass is 338 g/mol. The summed E-state index contributed by atoms with van der Waals surface area (Å²) in [6.45, 7) is 0.649. The highest BCUT2D eigenvalue weighted by Crippen LogP contribution is 2.43. The van der Waals surface area contributed by atoms with Gasteiger partial charge in [-0.25, -0.2) is 0 Å². The number of nitrogens with zero attached hydrogens (tertiary/aromatic N) is 1. The van der Waals surface area contributed by atoms with Crippen molar-refractivity contribution in [2.24, 2.45) is 10.9 Å². The number of halogens is 1. The molecule has 2 atom stereocenters. The van der Waals surface area contributed by atoms with Crippen LogP contribution in [0.2, 0.25) is 5.02 Å². The number of amides is 1. The van der Waals surface area contributed by atoms with E-state index >= 15 is 0 Å². The van der Waals surface area contributed by atoms with Gasteiger partial charge < -0.3 is 5.32 Å². The van der Waals surface area contributed by atoms with Gasteiger partial charge in [-0.3, -0.25) is 9.79 Å². The fourth-order valence-corrected chi connectivity index (χ4v) is 3.63. The van der Waals surface area contributed by atoms with Crippen LogP contribution < -0.4 is 5.32 Å². The second kappa shape index (κ2) is 6.40. The first kappa shape index (κ1) is 15.4. The second-order valence-corrected chi connectivity index (χ2v) is 6.92. The van der Waals surface area contributed by atoms with Gasteiger partial charge in [-0.1, -0.05) is 54.1 Å². The van der Waals surface area contributed by atoms with E-state index in [2.05, 4.69) is 10.3 Å². The highest BCUT2D eigenvalue weighted by molar-refractivity contribution is 6.31. The predicted octanol–water partition coefficient (Wildman–Crippen LogP) is 4.28. The molecule has 4 heteroatoms. The molecular weight excluding hydrogens is 320 g/mol. The summed E-state index contributed by atoms with van der Waals surface area (Å²) < 4.78 is 0. The number of benzene rings is 2. The molecule has 1 saturated carbocycles. The Morgan fingerprint density at radius 3 is 2.67 bits per heavy atom. The molecule has 1 aliphatic carbocycles. The maximum absolute atomic E-state index is 12.9. The Kier molecular flexibility index (Phi) is 4.11. The lowest BCUT2D eigenvalue weighted by Gasteiger charge is -2.24. The second-order valence-electron chi connectivity index (χ2n) is 6.51. The molecule has 3 nitrogen and oxygen atoms in total. The molecule has 24 heavy (non-hydrogen) atoms. The molecule has 0 spiro atoms. The normalized spacial score (nSPS) is 20.3. The summed E-state index contributed by atoms with van der Waals surface area (Å²) in [7, 11) is 0. The van der Waals surface area contributed by atoms with Crippen molar-refractivity contribution in [3.05, 3.63) is 70.2 Å². The zero-order valence-corrected chi connectivity index (χ0v) is 14.0. The van der Waals surface area contributed by atoms with E-state index in [1.54, 1.807) is 6.21 Å². The zero-order chi connectivity index (χ0) is 16.5. The molecular formula is C20H19ClN2O. The maximum Gasteiger partial charge on any atom is 0.233 e. The fraction of sp³-hybridized carbons (Fsp3) is 0.300. The van der Waals surface area contributed by atoms with Gasteiger partial charge in [0.25, 0.3) is 0 Å². The molecule has 1 unspecified atom stereocenters. The van der Waals surface area contributed by atoms with E-state index in [9.17, 15) is 4.79 Å². The molecule has 0 aromatic heterocycles. The van der Waals surface area contributed by atoms with E-state index in [0.29, 0.717) is 17.5 Å². The molecule has 0 radical (unpaired) electrons. The third-order valence-electron chi connectivity index (χ3n) is 4.82. The number of aliphatic imine (C=N–C) groups is 1. The molecule has 1 aliphatic heterocycles. The van der Waals surface area contributed by atoms with Gasteiger partial charge in [0.15, 0.2) is 0 Å². The van der Waals surface area contributed by atoms with Gasteiger partial charge in [-0.05, 0) is 41.5 Å². The van der Waals surface area contributed by atoms with Gasteiger partial charge in [0.2, 0.25) is 5.91 Å². The number of fused-ring (bicyclic) bond motifs is 1. The summed E-state index contributed by atoms with van der Waals surface area (Å²) >= 11 is 6.36. The van der Waals surface area contributed by atoms with E-state index < -0.39 is 0 Å². The van der Waals surface area contributed by atoms with Crippen LogP contribution in [0.1, 0.15) is 41.5 Å². The topological polar surface area (TPSA) is 41.5 Å². The smallest absolute Gasteiger partial charge is 0.233 e. The number of hydrogen-bond acceptors (Lipinski definition) is 2. The molecule has 0 saturated heterocycles. The van der Waals surface area contributed by atoms with E-state index in [1.165, 1.54) is 0 Å². The van der Waals surface area contributed by atoms with E-state index in [-0.39, 0.29) is 17.9 Å². The summed E-state index contributed by atoms with van der Waals surface area (Å²) in [5.74, 6) is 0.158. The quantitative estimate of drug-likeness (QED) is 0.888. The van der Waals surface area contributed by atoms with Gasteiger partial charge in [0.05, 0.1) is 18.5 Å². The van der Waals surface area contributed by atoms with Crippen molar-refractivity contribution in [2.45, 2.75) is 31.3 Å². The van der Waals surface area contributed by atoms with Crippen LogP contribution in [0, 0.1) is 5.92 Å². The Morgan fingerprint density at radius 1 is 1.12 bits per heavy atom. The maximum atomic E-state index is 12.9. The summed E-state index contributed by atoms with van der Waals surface area (Å²) in [5.41, 5.74) is 3.19. The molecule has 1 fully saturated rings. The third kappa shape index (κ3) is 2.96. The first-order chi connectivity index (χ1) is 11.7. The molecule has 1 heterocycles. The average molecular weight is 339 g/mol. The lowest BCUT2D eigenvalue weighted by molar-refractivity contribution is -0.122. The first-order valence-corrected chi connectivity index (χ1v) is 8.74. The largest absolute Gasteiger partial charge is 0.348 e. The van der Waals surface area contributed by atoms with Crippen molar-refractivity contribution in [3.8, 4) is 0 Å². The van der Waals surface area contributed by atoms with Gasteiger partial charge in [-0.2, -0.15) is 0 Å². The SMILES string of the molecule is O=C(N[C@H](c1ccccc1Cl)C1CC1)C1C=NCc2ccccc21. The van der Waals surface area contributed by atoms with Crippen molar-refractivity contribution in [3.63, 3.8) is 0 Å². The van der Waals surface area contributed by atoms with Crippen molar-refractivity contribution in [1.82, 2.24) is 5.32 Å².